The SMILES string of the molecule is CCN(CCN(CC(=O)O)CC(=O)NCCC(C)C)CC(=O)O. The molecule has 0 unspecified atom stereocenters. The Bertz CT molecular complexity index is 387. The molecule has 23 heavy (non-hydrogen) atoms. The Morgan fingerprint density at radius 3 is 1.96 bits per heavy atom. The van der Waals surface area contributed by atoms with Crippen molar-refractivity contribution in [2.24, 2.45) is 5.92 Å². The van der Waals surface area contributed by atoms with E-state index in [0.717, 1.165) is 6.42 Å². The number of amides is 1. The van der Waals surface area contributed by atoms with Crippen LogP contribution in [0.2, 0.25) is 0 Å². The highest BCUT2D eigenvalue weighted by Gasteiger charge is 2.16. The van der Waals surface area contributed by atoms with Crippen LogP contribution in [0.3, 0.4) is 0 Å². The molecule has 0 bridgehead atoms. The number of carboxylic acids is 2. The second-order valence-electron chi connectivity index (χ2n) is 5.90. The van der Waals surface area contributed by atoms with Gasteiger partial charge in [0.2, 0.25) is 5.91 Å². The van der Waals surface area contributed by atoms with E-state index in [2.05, 4.69) is 19.2 Å². The number of likely N-dealkylation sites (N-methyl/N-ethyl adjacent to an activating group) is 1. The zero-order chi connectivity index (χ0) is 17.8. The molecule has 8 heteroatoms. The van der Waals surface area contributed by atoms with E-state index in [4.69, 9.17) is 10.2 Å². The molecule has 0 aromatic heterocycles. The first-order chi connectivity index (χ1) is 10.7. The summed E-state index contributed by atoms with van der Waals surface area (Å²) >= 11 is 0. The molecule has 0 spiro atoms. The minimum absolute atomic E-state index is 0.00494. The van der Waals surface area contributed by atoms with Gasteiger partial charge in [-0.05, 0) is 18.9 Å². The summed E-state index contributed by atoms with van der Waals surface area (Å²) in [6.07, 6.45) is 0.868. The van der Waals surface area contributed by atoms with E-state index in [9.17, 15) is 14.4 Å². The first-order valence-electron chi connectivity index (χ1n) is 7.89. The van der Waals surface area contributed by atoms with Crippen molar-refractivity contribution in [3.63, 3.8) is 0 Å². The van der Waals surface area contributed by atoms with Crippen LogP contribution in [0, 0.1) is 5.92 Å². The quantitative estimate of drug-likeness (QED) is 0.434. The number of nitrogens with zero attached hydrogens (tertiary/aromatic N) is 2. The van der Waals surface area contributed by atoms with Crippen LogP contribution >= 0.6 is 0 Å². The van der Waals surface area contributed by atoms with E-state index in [-0.39, 0.29) is 25.5 Å². The van der Waals surface area contributed by atoms with E-state index in [1.807, 2.05) is 6.92 Å². The van der Waals surface area contributed by atoms with E-state index in [1.54, 1.807) is 4.90 Å². The normalized spacial score (nSPS) is 11.2. The van der Waals surface area contributed by atoms with Crippen molar-refractivity contribution >= 4 is 17.8 Å². The third-order valence-electron chi connectivity index (χ3n) is 3.31. The van der Waals surface area contributed by atoms with Gasteiger partial charge in [0.05, 0.1) is 19.6 Å². The Morgan fingerprint density at radius 2 is 1.48 bits per heavy atom. The monoisotopic (exact) mass is 331 g/mol. The van der Waals surface area contributed by atoms with Gasteiger partial charge in [0.25, 0.3) is 0 Å². The Morgan fingerprint density at radius 1 is 0.957 bits per heavy atom. The zero-order valence-corrected chi connectivity index (χ0v) is 14.2. The second-order valence-corrected chi connectivity index (χ2v) is 5.90. The van der Waals surface area contributed by atoms with Crippen LogP contribution in [0.25, 0.3) is 0 Å². The molecular weight excluding hydrogens is 302 g/mol. The highest BCUT2D eigenvalue weighted by molar-refractivity contribution is 5.79. The molecular formula is C15H29N3O5. The highest BCUT2D eigenvalue weighted by Crippen LogP contribution is 1.97. The molecule has 0 aliphatic heterocycles. The van der Waals surface area contributed by atoms with Gasteiger partial charge in [-0.3, -0.25) is 24.2 Å². The van der Waals surface area contributed by atoms with Crippen LogP contribution < -0.4 is 5.32 Å². The van der Waals surface area contributed by atoms with Gasteiger partial charge in [-0.25, -0.2) is 0 Å². The van der Waals surface area contributed by atoms with Crippen molar-refractivity contribution in [2.45, 2.75) is 27.2 Å². The summed E-state index contributed by atoms with van der Waals surface area (Å²) in [4.78, 5) is 36.7. The molecule has 0 rings (SSSR count). The predicted octanol–water partition coefficient (Wildman–Crippen LogP) is -0.0582. The standard InChI is InChI=1S/C15H29N3O5/c1-4-17(10-14(20)21)7-8-18(11-15(22)23)9-13(19)16-6-5-12(2)3/h12H,4-11H2,1-3H3,(H,16,19)(H,20,21)(H,22,23). The first kappa shape index (κ1) is 21.3. The molecule has 0 aliphatic rings. The summed E-state index contributed by atoms with van der Waals surface area (Å²) in [7, 11) is 0. The lowest BCUT2D eigenvalue weighted by molar-refractivity contribution is -0.140. The molecule has 0 fully saturated rings. The predicted molar refractivity (Wildman–Crippen MR) is 86.3 cm³/mol. The molecule has 0 heterocycles. The van der Waals surface area contributed by atoms with Crippen LogP contribution in [0.5, 0.6) is 0 Å². The van der Waals surface area contributed by atoms with E-state index < -0.39 is 11.9 Å². The topological polar surface area (TPSA) is 110 Å². The molecule has 3 N–H and O–H groups in total. The van der Waals surface area contributed by atoms with Crippen molar-refractivity contribution in [2.75, 3.05) is 45.8 Å². The maximum atomic E-state index is 11.9. The number of hydrogen-bond acceptors (Lipinski definition) is 5. The highest BCUT2D eigenvalue weighted by atomic mass is 16.4. The number of hydrogen-bond donors (Lipinski definition) is 3. The van der Waals surface area contributed by atoms with Crippen molar-refractivity contribution in [1.82, 2.24) is 15.1 Å². The van der Waals surface area contributed by atoms with Gasteiger partial charge >= 0.3 is 11.9 Å². The maximum absolute atomic E-state index is 11.9. The van der Waals surface area contributed by atoms with Gasteiger partial charge in [-0.2, -0.15) is 0 Å². The Hall–Kier alpha value is -1.67. The minimum Gasteiger partial charge on any atom is -0.480 e. The number of rotatable bonds is 13. The molecule has 0 aromatic carbocycles. The van der Waals surface area contributed by atoms with Crippen LogP contribution in [-0.2, 0) is 14.4 Å². The van der Waals surface area contributed by atoms with Gasteiger partial charge in [-0.15, -0.1) is 0 Å². The smallest absolute Gasteiger partial charge is 0.317 e. The molecule has 134 valence electrons. The van der Waals surface area contributed by atoms with Crippen LogP contribution in [-0.4, -0.2) is 83.7 Å². The molecule has 0 aromatic rings. The van der Waals surface area contributed by atoms with E-state index in [0.29, 0.717) is 32.1 Å². The lowest BCUT2D eigenvalue weighted by atomic mass is 10.1. The number of carbonyl (C=O) groups excluding carboxylic acids is 1. The molecule has 0 aliphatic carbocycles. The summed E-state index contributed by atoms with van der Waals surface area (Å²) < 4.78 is 0. The average Bonchev–Trinajstić information content (AvgIpc) is 2.41. The van der Waals surface area contributed by atoms with Gasteiger partial charge in [0, 0.05) is 19.6 Å². The number of aliphatic carboxylic acids is 2. The fraction of sp³-hybridized carbons (Fsp3) is 0.800. The van der Waals surface area contributed by atoms with E-state index >= 15 is 0 Å². The fourth-order valence-corrected chi connectivity index (χ4v) is 1.99. The van der Waals surface area contributed by atoms with Crippen molar-refractivity contribution < 1.29 is 24.6 Å². The second kappa shape index (κ2) is 11.8. The van der Waals surface area contributed by atoms with Gasteiger partial charge in [0.15, 0.2) is 0 Å². The van der Waals surface area contributed by atoms with Gasteiger partial charge < -0.3 is 15.5 Å². The zero-order valence-electron chi connectivity index (χ0n) is 14.2. The van der Waals surface area contributed by atoms with Crippen LogP contribution in [0.1, 0.15) is 27.2 Å². The largest absolute Gasteiger partial charge is 0.480 e. The van der Waals surface area contributed by atoms with Crippen LogP contribution in [0.15, 0.2) is 0 Å². The first-order valence-corrected chi connectivity index (χ1v) is 7.89. The van der Waals surface area contributed by atoms with Crippen molar-refractivity contribution in [1.29, 1.82) is 0 Å². The fourth-order valence-electron chi connectivity index (χ4n) is 1.99. The molecule has 8 nitrogen and oxygen atoms in total. The lowest BCUT2D eigenvalue weighted by Crippen LogP contribution is -2.44. The molecule has 1 amide bonds. The maximum Gasteiger partial charge on any atom is 0.317 e. The summed E-state index contributed by atoms with van der Waals surface area (Å²) in [6, 6.07) is 0. The number of nitrogens with one attached hydrogen (secondary N) is 1. The molecule has 0 atom stereocenters. The Balaban J connectivity index is 4.36. The molecule has 0 saturated heterocycles. The Kier molecular flexibility index (Phi) is 11.0. The van der Waals surface area contributed by atoms with E-state index in [1.165, 1.54) is 4.90 Å². The summed E-state index contributed by atoms with van der Waals surface area (Å²) in [5.74, 6) is -1.67. The third-order valence-corrected chi connectivity index (χ3v) is 3.31. The molecule has 0 saturated carbocycles. The van der Waals surface area contributed by atoms with Crippen molar-refractivity contribution in [3.8, 4) is 0 Å². The minimum atomic E-state index is -1.01. The van der Waals surface area contributed by atoms with Crippen LogP contribution in [0.4, 0.5) is 0 Å². The Labute approximate surface area is 137 Å². The van der Waals surface area contributed by atoms with Crippen molar-refractivity contribution in [3.05, 3.63) is 0 Å². The summed E-state index contributed by atoms with van der Waals surface area (Å²) in [6.45, 7) is 7.44. The summed E-state index contributed by atoms with van der Waals surface area (Å²) in [5, 5.41) is 20.5. The molecule has 0 radical (unpaired) electrons. The lowest BCUT2D eigenvalue weighted by Gasteiger charge is -2.24. The third kappa shape index (κ3) is 12.5. The van der Waals surface area contributed by atoms with Gasteiger partial charge in [0.1, 0.15) is 0 Å². The summed E-state index contributed by atoms with van der Waals surface area (Å²) in [5.41, 5.74) is 0. The number of carboxylic acid groups (broad SMARTS) is 2. The van der Waals surface area contributed by atoms with Gasteiger partial charge in [-0.1, -0.05) is 20.8 Å². The average molecular weight is 331 g/mol. The number of carbonyl (C=O) groups is 3.